The summed E-state index contributed by atoms with van der Waals surface area (Å²) in [4.78, 5) is 31.8. The number of benzene rings is 1. The van der Waals surface area contributed by atoms with Gasteiger partial charge < -0.3 is 20.1 Å². The van der Waals surface area contributed by atoms with Gasteiger partial charge in [0.15, 0.2) is 0 Å². The van der Waals surface area contributed by atoms with Crippen molar-refractivity contribution >= 4 is 17.3 Å². The molecule has 1 aromatic carbocycles. The maximum Gasteiger partial charge on any atom is 0.266 e. The Balaban J connectivity index is 1.57. The van der Waals surface area contributed by atoms with Crippen LogP contribution in [0.2, 0.25) is 0 Å². The second-order valence-electron chi connectivity index (χ2n) is 7.69. The van der Waals surface area contributed by atoms with Crippen LogP contribution in [0.4, 0.5) is 11.4 Å². The Morgan fingerprint density at radius 1 is 1.17 bits per heavy atom. The molecule has 7 nitrogen and oxygen atoms in total. The van der Waals surface area contributed by atoms with Gasteiger partial charge in [0.2, 0.25) is 5.91 Å². The number of anilines is 2. The molecular weight excluding hydrogens is 378 g/mol. The summed E-state index contributed by atoms with van der Waals surface area (Å²) >= 11 is 0. The van der Waals surface area contributed by atoms with Gasteiger partial charge in [0.25, 0.3) is 5.56 Å². The highest BCUT2D eigenvalue weighted by Gasteiger charge is 2.16. The van der Waals surface area contributed by atoms with Crippen molar-refractivity contribution in [3.63, 3.8) is 0 Å². The molecule has 0 atom stereocenters. The van der Waals surface area contributed by atoms with Crippen LogP contribution in [0.25, 0.3) is 0 Å². The van der Waals surface area contributed by atoms with Gasteiger partial charge in [0.05, 0.1) is 0 Å². The largest absolute Gasteiger partial charge is 0.369 e. The number of aromatic nitrogens is 1. The summed E-state index contributed by atoms with van der Waals surface area (Å²) in [5.74, 6) is -0.0946. The Kier molecular flexibility index (Phi) is 6.91. The molecule has 1 saturated heterocycles. The molecule has 2 aromatic rings. The van der Waals surface area contributed by atoms with Gasteiger partial charge in [-0.2, -0.15) is 5.26 Å². The molecule has 1 aromatic heterocycles. The fraction of sp³-hybridized carbons (Fsp3) is 0.435. The molecule has 0 saturated carbocycles. The zero-order valence-electron chi connectivity index (χ0n) is 17.9. The van der Waals surface area contributed by atoms with Gasteiger partial charge in [-0.05, 0) is 62.2 Å². The quantitative estimate of drug-likeness (QED) is 0.768. The van der Waals surface area contributed by atoms with Crippen LogP contribution in [0.5, 0.6) is 0 Å². The van der Waals surface area contributed by atoms with Crippen LogP contribution in [-0.2, 0) is 11.2 Å². The number of nitrogens with one attached hydrogen (secondary N) is 2. The van der Waals surface area contributed by atoms with Crippen molar-refractivity contribution in [2.75, 3.05) is 42.9 Å². The number of carbonyl (C=O) groups is 1. The fourth-order valence-electron chi connectivity index (χ4n) is 3.96. The van der Waals surface area contributed by atoms with E-state index in [4.69, 9.17) is 0 Å². The third-order valence-corrected chi connectivity index (χ3v) is 5.86. The van der Waals surface area contributed by atoms with Gasteiger partial charge in [-0.15, -0.1) is 0 Å². The second-order valence-corrected chi connectivity index (χ2v) is 7.69. The van der Waals surface area contributed by atoms with Crippen molar-refractivity contribution < 1.29 is 4.79 Å². The lowest BCUT2D eigenvalue weighted by atomic mass is 9.99. The highest BCUT2D eigenvalue weighted by Crippen LogP contribution is 2.20. The molecule has 2 N–H and O–H groups in total. The molecule has 0 bridgehead atoms. The van der Waals surface area contributed by atoms with E-state index in [1.807, 2.05) is 30.3 Å². The van der Waals surface area contributed by atoms with Gasteiger partial charge in [0.1, 0.15) is 11.6 Å². The van der Waals surface area contributed by atoms with E-state index in [-0.39, 0.29) is 23.5 Å². The zero-order chi connectivity index (χ0) is 21.7. The summed E-state index contributed by atoms with van der Waals surface area (Å²) in [6, 6.07) is 9.91. The third-order valence-electron chi connectivity index (χ3n) is 5.86. The van der Waals surface area contributed by atoms with Gasteiger partial charge >= 0.3 is 0 Å². The third kappa shape index (κ3) is 4.89. The maximum absolute atomic E-state index is 12.4. The summed E-state index contributed by atoms with van der Waals surface area (Å²) < 4.78 is 0. The first-order valence-corrected chi connectivity index (χ1v) is 10.4. The predicted octanol–water partition coefficient (Wildman–Crippen LogP) is 2.58. The molecule has 2 heterocycles. The first kappa shape index (κ1) is 21.6. The van der Waals surface area contributed by atoms with Gasteiger partial charge in [-0.1, -0.05) is 6.92 Å². The number of pyridine rings is 1. The highest BCUT2D eigenvalue weighted by molar-refractivity contribution is 5.91. The number of aryl methyl sites for hydroxylation is 1. The fourth-order valence-corrected chi connectivity index (χ4v) is 3.96. The number of likely N-dealkylation sites (N-methyl/N-ethyl adjacent to an activating group) is 1. The zero-order valence-corrected chi connectivity index (χ0v) is 17.9. The van der Waals surface area contributed by atoms with Gasteiger partial charge in [0, 0.05) is 49.7 Å². The molecule has 1 aliphatic heterocycles. The van der Waals surface area contributed by atoms with Crippen molar-refractivity contribution in [2.24, 2.45) is 0 Å². The first-order chi connectivity index (χ1) is 14.4. The molecule has 1 amide bonds. The topological polar surface area (TPSA) is 92.2 Å². The maximum atomic E-state index is 12.4. The highest BCUT2D eigenvalue weighted by atomic mass is 16.1. The average molecular weight is 408 g/mol. The molecule has 1 aliphatic rings. The summed E-state index contributed by atoms with van der Waals surface area (Å²) in [6.07, 6.45) is 0.744. The normalized spacial score (nSPS) is 14.4. The minimum atomic E-state index is -0.378. The van der Waals surface area contributed by atoms with Crippen LogP contribution in [0.15, 0.2) is 29.1 Å². The molecule has 3 rings (SSSR count). The van der Waals surface area contributed by atoms with Crippen molar-refractivity contribution in [3.8, 4) is 6.07 Å². The molecular formula is C23H29N5O2. The van der Waals surface area contributed by atoms with Crippen LogP contribution in [0, 0.1) is 25.2 Å². The van der Waals surface area contributed by atoms with Crippen LogP contribution in [-0.4, -0.2) is 48.5 Å². The number of hydrogen-bond donors (Lipinski definition) is 2. The van der Waals surface area contributed by atoms with Crippen molar-refractivity contribution in [1.82, 2.24) is 9.88 Å². The summed E-state index contributed by atoms with van der Waals surface area (Å²) in [5.41, 5.74) is 3.89. The number of amides is 1. The standard InChI is InChI=1S/C23H29N5O2/c1-4-27-11-13-28(14-12-27)19-7-5-18(6-8-19)26-22(29)10-9-20-16(2)21(15-24)23(30)25-17(20)3/h5-8H,4,9-14H2,1-3H3,(H,25,30)(H,26,29). The molecule has 0 aliphatic carbocycles. The Morgan fingerprint density at radius 3 is 2.43 bits per heavy atom. The van der Waals surface area contributed by atoms with Crippen molar-refractivity contribution in [3.05, 3.63) is 57.0 Å². The van der Waals surface area contributed by atoms with Gasteiger partial charge in [-0.3, -0.25) is 9.59 Å². The lowest BCUT2D eigenvalue weighted by Gasteiger charge is -2.35. The first-order valence-electron chi connectivity index (χ1n) is 10.4. The number of piperazine rings is 1. The second kappa shape index (κ2) is 9.59. The van der Waals surface area contributed by atoms with E-state index < -0.39 is 0 Å². The number of H-pyrrole nitrogens is 1. The monoisotopic (exact) mass is 407 g/mol. The van der Waals surface area contributed by atoms with E-state index in [2.05, 4.69) is 27.0 Å². The van der Waals surface area contributed by atoms with Crippen molar-refractivity contribution in [1.29, 1.82) is 5.26 Å². The van der Waals surface area contributed by atoms with E-state index in [1.165, 1.54) is 5.69 Å². The van der Waals surface area contributed by atoms with Crippen LogP contribution >= 0.6 is 0 Å². The summed E-state index contributed by atoms with van der Waals surface area (Å²) in [6.45, 7) is 11.0. The van der Waals surface area contributed by atoms with Gasteiger partial charge in [-0.25, -0.2) is 0 Å². The van der Waals surface area contributed by atoms with E-state index in [0.29, 0.717) is 17.7 Å². The summed E-state index contributed by atoms with van der Waals surface area (Å²) in [7, 11) is 0. The van der Waals surface area contributed by atoms with Crippen LogP contribution in [0.3, 0.4) is 0 Å². The molecule has 0 unspecified atom stereocenters. The molecule has 0 radical (unpaired) electrons. The number of nitriles is 1. The number of nitrogens with zero attached hydrogens (tertiary/aromatic N) is 3. The van der Waals surface area contributed by atoms with Crippen LogP contribution in [0.1, 0.15) is 35.7 Å². The Hall–Kier alpha value is -3.11. The minimum Gasteiger partial charge on any atom is -0.369 e. The predicted molar refractivity (Wildman–Crippen MR) is 119 cm³/mol. The number of carbonyl (C=O) groups excluding carboxylic acids is 1. The molecule has 30 heavy (non-hydrogen) atoms. The number of hydrogen-bond acceptors (Lipinski definition) is 5. The van der Waals surface area contributed by atoms with E-state index in [1.54, 1.807) is 13.8 Å². The number of aromatic amines is 1. The molecule has 0 spiro atoms. The molecule has 158 valence electrons. The lowest BCUT2D eigenvalue weighted by molar-refractivity contribution is -0.116. The van der Waals surface area contributed by atoms with E-state index in [0.717, 1.165) is 44.0 Å². The Morgan fingerprint density at radius 2 is 1.83 bits per heavy atom. The smallest absolute Gasteiger partial charge is 0.266 e. The molecule has 1 fully saturated rings. The Labute approximate surface area is 177 Å². The van der Waals surface area contributed by atoms with E-state index >= 15 is 0 Å². The summed E-state index contributed by atoms with van der Waals surface area (Å²) in [5, 5.41) is 12.1. The van der Waals surface area contributed by atoms with Crippen molar-refractivity contribution in [2.45, 2.75) is 33.6 Å². The Bertz CT molecular complexity index is 996. The molecule has 7 heteroatoms. The van der Waals surface area contributed by atoms with Crippen LogP contribution < -0.4 is 15.8 Å². The number of rotatable bonds is 6. The average Bonchev–Trinajstić information content (AvgIpc) is 2.74. The minimum absolute atomic E-state index is 0.0946. The lowest BCUT2D eigenvalue weighted by Crippen LogP contribution is -2.46. The SMILES string of the molecule is CCN1CCN(c2ccc(NC(=O)CCc3c(C)[nH]c(=O)c(C#N)c3C)cc2)CC1. The van der Waals surface area contributed by atoms with E-state index in [9.17, 15) is 14.9 Å².